The molecule has 0 unspecified atom stereocenters. The van der Waals surface area contributed by atoms with Crippen molar-refractivity contribution in [1.29, 1.82) is 0 Å². The average molecular weight is 458 g/mol. The van der Waals surface area contributed by atoms with Crippen molar-refractivity contribution in [2.75, 3.05) is 0 Å². The van der Waals surface area contributed by atoms with Crippen LogP contribution >= 0.6 is 0 Å². The van der Waals surface area contributed by atoms with E-state index >= 15 is 0 Å². The Kier molecular flexibility index (Phi) is 6.55. The SMILES string of the molecule is Cc1cccc(C)c1-c1ccc(C(=O)/C=C(\OB(F)F)c2ccc(-c3c(C)cccc3C)[nH]2)[nH]1. The van der Waals surface area contributed by atoms with Crippen LogP contribution in [0, 0.1) is 27.7 Å². The standard InChI is InChI=1S/C27H25BF2N2O2/c1-16-7-5-8-17(2)26(16)22-13-11-20(31-22)24(33)15-25(34-28(29)30)21-12-14-23(32-21)27-18(3)9-6-10-19(27)4/h5-15,31-32H,1-4H3/b25-15-. The van der Waals surface area contributed by atoms with E-state index in [1.54, 1.807) is 18.2 Å². The van der Waals surface area contributed by atoms with E-state index in [-0.39, 0.29) is 11.5 Å². The zero-order chi connectivity index (χ0) is 24.4. The number of benzene rings is 2. The van der Waals surface area contributed by atoms with Gasteiger partial charge >= 0.3 is 7.47 Å². The van der Waals surface area contributed by atoms with E-state index < -0.39 is 13.3 Å². The van der Waals surface area contributed by atoms with Crippen molar-refractivity contribution >= 4 is 19.0 Å². The molecule has 0 aliphatic carbocycles. The minimum atomic E-state index is -3.07. The number of hydrogen-bond acceptors (Lipinski definition) is 2. The van der Waals surface area contributed by atoms with Crippen LogP contribution in [0.3, 0.4) is 0 Å². The molecular formula is C27H25BF2N2O2. The predicted molar refractivity (Wildman–Crippen MR) is 133 cm³/mol. The molecule has 2 aromatic heterocycles. The molecule has 0 aliphatic rings. The van der Waals surface area contributed by atoms with Crippen molar-refractivity contribution in [3.63, 3.8) is 0 Å². The Balaban J connectivity index is 1.68. The highest BCUT2D eigenvalue weighted by atomic mass is 19.2. The van der Waals surface area contributed by atoms with Gasteiger partial charge in [0.25, 0.3) is 0 Å². The third-order valence-corrected chi connectivity index (χ3v) is 5.88. The summed E-state index contributed by atoms with van der Waals surface area (Å²) < 4.78 is 31.1. The summed E-state index contributed by atoms with van der Waals surface area (Å²) in [5.41, 5.74) is 8.39. The van der Waals surface area contributed by atoms with Crippen molar-refractivity contribution in [1.82, 2.24) is 9.97 Å². The molecule has 0 spiro atoms. The Bertz CT molecular complexity index is 1340. The van der Waals surface area contributed by atoms with Gasteiger partial charge in [-0.2, -0.15) is 0 Å². The van der Waals surface area contributed by atoms with Gasteiger partial charge in [0.15, 0.2) is 0 Å². The van der Waals surface area contributed by atoms with Crippen LogP contribution in [-0.2, 0) is 4.65 Å². The topological polar surface area (TPSA) is 57.9 Å². The summed E-state index contributed by atoms with van der Waals surface area (Å²) in [5.74, 6) is -0.683. The molecule has 0 radical (unpaired) electrons. The highest BCUT2D eigenvalue weighted by Gasteiger charge is 2.23. The minimum Gasteiger partial charge on any atom is -0.503 e. The van der Waals surface area contributed by atoms with Gasteiger partial charge in [0.2, 0.25) is 5.78 Å². The average Bonchev–Trinajstić information content (AvgIpc) is 3.43. The molecule has 4 rings (SSSR count). The number of aryl methyl sites for hydroxylation is 4. The Morgan fingerprint density at radius 1 is 0.735 bits per heavy atom. The number of carbonyl (C=O) groups excluding carboxylic acids is 1. The lowest BCUT2D eigenvalue weighted by Crippen LogP contribution is -2.07. The number of nitrogens with one attached hydrogen (secondary N) is 2. The van der Waals surface area contributed by atoms with Crippen molar-refractivity contribution in [2.45, 2.75) is 27.7 Å². The number of allylic oxidation sites excluding steroid dienone is 1. The molecule has 34 heavy (non-hydrogen) atoms. The lowest BCUT2D eigenvalue weighted by Gasteiger charge is -2.09. The molecule has 0 atom stereocenters. The third kappa shape index (κ3) is 4.74. The highest BCUT2D eigenvalue weighted by molar-refractivity contribution is 6.36. The first-order valence-electron chi connectivity index (χ1n) is 11.0. The van der Waals surface area contributed by atoms with Crippen LogP contribution < -0.4 is 0 Å². The molecular weight excluding hydrogens is 433 g/mol. The molecule has 2 heterocycles. The maximum Gasteiger partial charge on any atom is 0.796 e. The van der Waals surface area contributed by atoms with E-state index in [0.717, 1.165) is 50.8 Å². The molecule has 2 N–H and O–H groups in total. The maximum absolute atomic E-state index is 13.2. The monoisotopic (exact) mass is 458 g/mol. The van der Waals surface area contributed by atoms with Gasteiger partial charge in [0.05, 0.1) is 11.4 Å². The van der Waals surface area contributed by atoms with Crippen LogP contribution in [0.15, 0.2) is 66.7 Å². The lowest BCUT2D eigenvalue weighted by atomic mass is 10.0. The van der Waals surface area contributed by atoms with Crippen molar-refractivity contribution < 1.29 is 18.1 Å². The van der Waals surface area contributed by atoms with Crippen LogP contribution in [0.5, 0.6) is 0 Å². The summed E-state index contributed by atoms with van der Waals surface area (Å²) in [7, 11) is -3.07. The molecule has 4 nitrogen and oxygen atoms in total. The molecule has 7 heteroatoms. The van der Waals surface area contributed by atoms with Crippen molar-refractivity contribution in [3.05, 3.63) is 100 Å². The van der Waals surface area contributed by atoms with E-state index in [2.05, 4.69) is 9.97 Å². The van der Waals surface area contributed by atoms with Crippen molar-refractivity contribution in [2.24, 2.45) is 0 Å². The summed E-state index contributed by atoms with van der Waals surface area (Å²) in [4.78, 5) is 19.2. The second-order valence-electron chi connectivity index (χ2n) is 8.36. The van der Waals surface area contributed by atoms with Crippen LogP contribution in [0.1, 0.15) is 38.4 Å². The second kappa shape index (κ2) is 9.55. The molecule has 0 saturated heterocycles. The first kappa shape index (κ1) is 23.3. The Labute approximate surface area is 197 Å². The minimum absolute atomic E-state index is 0.222. The fourth-order valence-corrected chi connectivity index (χ4v) is 4.32. The zero-order valence-electron chi connectivity index (χ0n) is 19.5. The number of aromatic amines is 2. The van der Waals surface area contributed by atoms with E-state index in [1.165, 1.54) is 0 Å². The fraction of sp³-hybridized carbons (Fsp3) is 0.148. The fourth-order valence-electron chi connectivity index (χ4n) is 4.32. The van der Waals surface area contributed by atoms with Gasteiger partial charge in [-0.1, -0.05) is 36.4 Å². The Hall–Kier alpha value is -3.87. The number of halogens is 2. The van der Waals surface area contributed by atoms with Crippen LogP contribution in [0.25, 0.3) is 28.3 Å². The maximum atomic E-state index is 13.2. The van der Waals surface area contributed by atoms with Gasteiger partial charge < -0.3 is 14.6 Å². The number of rotatable bonds is 7. The molecule has 0 saturated carbocycles. The summed E-state index contributed by atoms with van der Waals surface area (Å²) in [6.45, 7) is 7.96. The van der Waals surface area contributed by atoms with Crippen LogP contribution in [-0.4, -0.2) is 23.2 Å². The number of ketones is 1. The summed E-state index contributed by atoms with van der Waals surface area (Å²) in [6.07, 6.45) is 1.09. The molecule has 0 amide bonds. The van der Waals surface area contributed by atoms with Crippen molar-refractivity contribution in [3.8, 4) is 22.5 Å². The zero-order valence-corrected chi connectivity index (χ0v) is 19.5. The number of aromatic nitrogens is 2. The molecule has 0 fully saturated rings. The van der Waals surface area contributed by atoms with Crippen LogP contribution in [0.4, 0.5) is 8.63 Å². The Morgan fingerprint density at radius 2 is 1.18 bits per heavy atom. The van der Waals surface area contributed by atoms with Gasteiger partial charge in [0, 0.05) is 28.6 Å². The predicted octanol–water partition coefficient (Wildman–Crippen LogP) is 7.07. The van der Waals surface area contributed by atoms with E-state index in [0.29, 0.717) is 5.69 Å². The number of hydrogen-bond donors (Lipinski definition) is 2. The number of H-pyrrole nitrogens is 2. The van der Waals surface area contributed by atoms with E-state index in [4.69, 9.17) is 4.65 Å². The van der Waals surface area contributed by atoms with Gasteiger partial charge in [-0.05, 0) is 74.2 Å². The van der Waals surface area contributed by atoms with E-state index in [1.807, 2.05) is 70.2 Å². The summed E-state index contributed by atoms with van der Waals surface area (Å²) >= 11 is 0. The Morgan fingerprint density at radius 3 is 1.65 bits per heavy atom. The molecule has 0 bridgehead atoms. The second-order valence-corrected chi connectivity index (χ2v) is 8.36. The van der Waals surface area contributed by atoms with Gasteiger partial charge in [-0.15, -0.1) is 0 Å². The molecule has 2 aromatic carbocycles. The molecule has 4 aromatic rings. The summed E-state index contributed by atoms with van der Waals surface area (Å²) in [6, 6.07) is 18.8. The first-order valence-corrected chi connectivity index (χ1v) is 11.0. The highest BCUT2D eigenvalue weighted by Crippen LogP contribution is 2.30. The first-order chi connectivity index (χ1) is 16.2. The number of carbonyl (C=O) groups is 1. The molecule has 172 valence electrons. The molecule has 0 aliphatic heterocycles. The van der Waals surface area contributed by atoms with Gasteiger partial charge in [0.1, 0.15) is 5.76 Å². The quantitative estimate of drug-likeness (QED) is 0.135. The van der Waals surface area contributed by atoms with Gasteiger partial charge in [-0.25, -0.2) is 8.63 Å². The third-order valence-electron chi connectivity index (χ3n) is 5.88. The van der Waals surface area contributed by atoms with Gasteiger partial charge in [-0.3, -0.25) is 4.79 Å². The smallest absolute Gasteiger partial charge is 0.503 e. The normalized spacial score (nSPS) is 11.5. The largest absolute Gasteiger partial charge is 0.796 e. The lowest BCUT2D eigenvalue weighted by molar-refractivity contribution is 0.104. The van der Waals surface area contributed by atoms with E-state index in [9.17, 15) is 13.4 Å². The summed E-state index contributed by atoms with van der Waals surface area (Å²) in [5, 5.41) is 0. The van der Waals surface area contributed by atoms with Crippen LogP contribution in [0.2, 0.25) is 0 Å².